The molecule has 2 rings (SSSR count). The van der Waals surface area contributed by atoms with Crippen molar-refractivity contribution in [3.05, 3.63) is 29.8 Å². The highest BCUT2D eigenvalue weighted by Crippen LogP contribution is 2.20. The number of carbonyl (C=O) groups excluding carboxylic acids is 2. The van der Waals surface area contributed by atoms with E-state index >= 15 is 0 Å². The van der Waals surface area contributed by atoms with Crippen LogP contribution in [0.5, 0.6) is 0 Å². The molecule has 7 nitrogen and oxygen atoms in total. The Balaban J connectivity index is 2.10. The largest absolute Gasteiger partial charge is 0.356 e. The van der Waals surface area contributed by atoms with Gasteiger partial charge in [-0.15, -0.1) is 0 Å². The molecule has 1 aliphatic rings. The van der Waals surface area contributed by atoms with Crippen LogP contribution in [0.25, 0.3) is 0 Å². The zero-order valence-electron chi connectivity index (χ0n) is 13.9. The molecule has 24 heavy (non-hydrogen) atoms. The number of sulfonamides is 1. The van der Waals surface area contributed by atoms with Gasteiger partial charge in [0.15, 0.2) is 0 Å². The van der Waals surface area contributed by atoms with Crippen LogP contribution < -0.4 is 10.0 Å². The molecule has 0 radical (unpaired) electrons. The molecule has 1 aliphatic heterocycles. The molecule has 1 fully saturated rings. The van der Waals surface area contributed by atoms with Crippen molar-refractivity contribution < 1.29 is 18.0 Å². The first kappa shape index (κ1) is 18.3. The lowest BCUT2D eigenvalue weighted by atomic mass is 9.96. The summed E-state index contributed by atoms with van der Waals surface area (Å²) in [6.45, 7) is 3.42. The normalized spacial score (nSPS) is 18.1. The van der Waals surface area contributed by atoms with Gasteiger partial charge < -0.3 is 10.2 Å². The van der Waals surface area contributed by atoms with E-state index in [2.05, 4.69) is 10.0 Å². The van der Waals surface area contributed by atoms with Gasteiger partial charge in [-0.25, -0.2) is 8.42 Å². The van der Waals surface area contributed by atoms with Gasteiger partial charge in [-0.05, 0) is 38.0 Å². The van der Waals surface area contributed by atoms with E-state index in [0.717, 1.165) is 19.1 Å². The summed E-state index contributed by atoms with van der Waals surface area (Å²) < 4.78 is 25.0. The van der Waals surface area contributed by atoms with Crippen molar-refractivity contribution in [2.24, 2.45) is 5.92 Å². The lowest BCUT2D eigenvalue weighted by Crippen LogP contribution is -2.45. The van der Waals surface area contributed by atoms with Gasteiger partial charge in [0.05, 0.1) is 12.2 Å². The third kappa shape index (κ3) is 4.95. The predicted molar refractivity (Wildman–Crippen MR) is 92.2 cm³/mol. The second-order valence-electron chi connectivity index (χ2n) is 5.94. The van der Waals surface area contributed by atoms with Crippen LogP contribution in [-0.4, -0.2) is 51.0 Å². The summed E-state index contributed by atoms with van der Waals surface area (Å²) in [6, 6.07) is 6.38. The van der Waals surface area contributed by atoms with Crippen molar-refractivity contribution in [2.75, 3.05) is 30.6 Å². The molecule has 0 spiro atoms. The average Bonchev–Trinajstić information content (AvgIpc) is 2.53. The molecule has 0 bridgehead atoms. The fourth-order valence-electron chi connectivity index (χ4n) is 2.81. The Bertz CT molecular complexity index is 718. The number of hydrogen-bond donors (Lipinski definition) is 2. The van der Waals surface area contributed by atoms with E-state index in [-0.39, 0.29) is 17.7 Å². The predicted octanol–water partition coefficient (Wildman–Crippen LogP) is 1.05. The van der Waals surface area contributed by atoms with E-state index in [4.69, 9.17) is 0 Å². The quantitative estimate of drug-likeness (QED) is 0.827. The molecule has 1 heterocycles. The van der Waals surface area contributed by atoms with Crippen LogP contribution in [0, 0.1) is 5.92 Å². The van der Waals surface area contributed by atoms with Gasteiger partial charge in [0.1, 0.15) is 0 Å². The topological polar surface area (TPSA) is 95.6 Å². The first-order valence-electron chi connectivity index (χ1n) is 7.95. The number of carbonyl (C=O) groups is 2. The van der Waals surface area contributed by atoms with Gasteiger partial charge in [-0.1, -0.05) is 6.07 Å². The molecule has 0 saturated carbocycles. The van der Waals surface area contributed by atoms with Gasteiger partial charge in [-0.2, -0.15) is 0 Å². The number of rotatable bonds is 5. The maximum Gasteiger partial charge on any atom is 0.253 e. The number of hydrogen-bond acceptors (Lipinski definition) is 4. The SMILES string of the molecule is CCNC(=O)C1CCCN(C(=O)c2cccc(NS(C)(=O)=O)c2)C1. The fraction of sp³-hybridized carbons (Fsp3) is 0.500. The Hall–Kier alpha value is -2.09. The van der Waals surface area contributed by atoms with Crippen molar-refractivity contribution in [2.45, 2.75) is 19.8 Å². The Morgan fingerprint density at radius 3 is 2.75 bits per heavy atom. The second kappa shape index (κ2) is 7.65. The summed E-state index contributed by atoms with van der Waals surface area (Å²) in [5.74, 6) is -0.413. The summed E-state index contributed by atoms with van der Waals surface area (Å²) in [6.07, 6.45) is 2.60. The number of nitrogens with zero attached hydrogens (tertiary/aromatic N) is 1. The monoisotopic (exact) mass is 353 g/mol. The second-order valence-corrected chi connectivity index (χ2v) is 7.69. The van der Waals surface area contributed by atoms with E-state index in [0.29, 0.717) is 30.9 Å². The lowest BCUT2D eigenvalue weighted by Gasteiger charge is -2.32. The Kier molecular flexibility index (Phi) is 5.82. The number of piperidine rings is 1. The number of nitrogens with one attached hydrogen (secondary N) is 2. The van der Waals surface area contributed by atoms with Gasteiger partial charge in [-0.3, -0.25) is 14.3 Å². The summed E-state index contributed by atoms with van der Waals surface area (Å²) in [4.78, 5) is 26.3. The zero-order valence-corrected chi connectivity index (χ0v) is 14.7. The van der Waals surface area contributed by atoms with Crippen molar-refractivity contribution in [1.82, 2.24) is 10.2 Å². The maximum absolute atomic E-state index is 12.7. The standard InChI is InChI=1S/C16H23N3O4S/c1-3-17-15(20)13-7-5-9-19(11-13)16(21)12-6-4-8-14(10-12)18-24(2,22)23/h4,6,8,10,13,18H,3,5,7,9,11H2,1-2H3,(H,17,20). The Labute approximate surface area is 142 Å². The molecule has 0 aliphatic carbocycles. The highest BCUT2D eigenvalue weighted by Gasteiger charge is 2.28. The molecule has 1 atom stereocenters. The summed E-state index contributed by atoms with van der Waals surface area (Å²) in [5, 5.41) is 2.80. The molecule has 8 heteroatoms. The van der Waals surface area contributed by atoms with Gasteiger partial charge in [0, 0.05) is 30.9 Å². The third-order valence-corrected chi connectivity index (χ3v) is 4.45. The fourth-order valence-corrected chi connectivity index (χ4v) is 3.36. The van der Waals surface area contributed by atoms with Gasteiger partial charge in [0.25, 0.3) is 5.91 Å². The highest BCUT2D eigenvalue weighted by molar-refractivity contribution is 7.92. The minimum atomic E-state index is -3.40. The number of anilines is 1. The molecular weight excluding hydrogens is 330 g/mol. The molecular formula is C16H23N3O4S. The van der Waals surface area contributed by atoms with Crippen LogP contribution in [0.4, 0.5) is 5.69 Å². The van der Waals surface area contributed by atoms with Gasteiger partial charge >= 0.3 is 0 Å². The average molecular weight is 353 g/mol. The van der Waals surface area contributed by atoms with E-state index in [9.17, 15) is 18.0 Å². The molecule has 2 amide bonds. The van der Waals surface area contributed by atoms with E-state index < -0.39 is 10.0 Å². The van der Waals surface area contributed by atoms with E-state index in [1.807, 2.05) is 6.92 Å². The van der Waals surface area contributed by atoms with Crippen LogP contribution in [0.2, 0.25) is 0 Å². The zero-order chi connectivity index (χ0) is 17.7. The molecule has 1 aromatic rings. The minimum Gasteiger partial charge on any atom is -0.356 e. The summed E-state index contributed by atoms with van der Waals surface area (Å²) in [7, 11) is -3.40. The molecule has 1 saturated heterocycles. The Morgan fingerprint density at radius 2 is 2.08 bits per heavy atom. The van der Waals surface area contributed by atoms with Crippen molar-refractivity contribution in [3.8, 4) is 0 Å². The van der Waals surface area contributed by atoms with Crippen LogP contribution in [0.15, 0.2) is 24.3 Å². The first-order chi connectivity index (χ1) is 11.3. The van der Waals surface area contributed by atoms with E-state index in [1.165, 1.54) is 6.07 Å². The van der Waals surface area contributed by atoms with Crippen LogP contribution >= 0.6 is 0 Å². The maximum atomic E-state index is 12.7. The number of amides is 2. The van der Waals surface area contributed by atoms with Crippen LogP contribution in [0.1, 0.15) is 30.1 Å². The molecule has 1 aromatic carbocycles. The third-order valence-electron chi connectivity index (χ3n) is 3.84. The van der Waals surface area contributed by atoms with Crippen molar-refractivity contribution >= 4 is 27.5 Å². The smallest absolute Gasteiger partial charge is 0.253 e. The van der Waals surface area contributed by atoms with Crippen molar-refractivity contribution in [1.29, 1.82) is 0 Å². The number of benzene rings is 1. The lowest BCUT2D eigenvalue weighted by molar-refractivity contribution is -0.126. The minimum absolute atomic E-state index is 0.0255. The van der Waals surface area contributed by atoms with Gasteiger partial charge in [0.2, 0.25) is 15.9 Å². The van der Waals surface area contributed by atoms with Crippen LogP contribution in [0.3, 0.4) is 0 Å². The summed E-state index contributed by atoms with van der Waals surface area (Å²) >= 11 is 0. The highest BCUT2D eigenvalue weighted by atomic mass is 32.2. The van der Waals surface area contributed by atoms with Crippen molar-refractivity contribution in [3.63, 3.8) is 0 Å². The first-order valence-corrected chi connectivity index (χ1v) is 9.84. The Morgan fingerprint density at radius 1 is 1.33 bits per heavy atom. The number of likely N-dealkylation sites (tertiary alicyclic amines) is 1. The molecule has 132 valence electrons. The van der Waals surface area contributed by atoms with Crippen LogP contribution in [-0.2, 0) is 14.8 Å². The molecule has 0 aromatic heterocycles. The molecule has 1 unspecified atom stereocenters. The summed E-state index contributed by atoms with van der Waals surface area (Å²) in [5.41, 5.74) is 0.751. The molecule has 2 N–H and O–H groups in total. The van der Waals surface area contributed by atoms with E-state index in [1.54, 1.807) is 23.1 Å².